The van der Waals surface area contributed by atoms with Crippen molar-refractivity contribution in [3.63, 3.8) is 0 Å². The van der Waals surface area contributed by atoms with Crippen molar-refractivity contribution in [3.05, 3.63) is 35.7 Å². The first-order valence-electron chi connectivity index (χ1n) is 7.24. The minimum atomic E-state index is 0.383. The number of hydrogen-bond donors (Lipinski definition) is 0. The Labute approximate surface area is 125 Å². The Bertz CT molecular complexity index is 640. The third-order valence-corrected chi connectivity index (χ3v) is 3.03. The number of ether oxygens (including phenoxy) is 1. The van der Waals surface area contributed by atoms with Gasteiger partial charge in [0.15, 0.2) is 5.69 Å². The van der Waals surface area contributed by atoms with Crippen LogP contribution in [0.25, 0.3) is 5.69 Å². The Morgan fingerprint density at radius 3 is 2.76 bits per heavy atom. The van der Waals surface area contributed by atoms with E-state index in [0.717, 1.165) is 30.0 Å². The SMILES string of the molecule is CCCOc1ccccc1-n1nnc(C#N)c1CC(C)C. The van der Waals surface area contributed by atoms with Gasteiger partial charge in [-0.3, -0.25) is 0 Å². The van der Waals surface area contributed by atoms with E-state index in [9.17, 15) is 5.26 Å². The lowest BCUT2D eigenvalue weighted by Gasteiger charge is -2.13. The van der Waals surface area contributed by atoms with Gasteiger partial charge in [-0.2, -0.15) is 5.26 Å². The number of aromatic nitrogens is 3. The molecule has 0 N–H and O–H groups in total. The van der Waals surface area contributed by atoms with Gasteiger partial charge < -0.3 is 4.74 Å². The molecule has 0 aliphatic carbocycles. The lowest BCUT2D eigenvalue weighted by atomic mass is 10.1. The van der Waals surface area contributed by atoms with Gasteiger partial charge in [-0.1, -0.05) is 38.1 Å². The monoisotopic (exact) mass is 284 g/mol. The summed E-state index contributed by atoms with van der Waals surface area (Å²) in [6.07, 6.45) is 1.69. The highest BCUT2D eigenvalue weighted by molar-refractivity contribution is 5.48. The van der Waals surface area contributed by atoms with Crippen LogP contribution >= 0.6 is 0 Å². The van der Waals surface area contributed by atoms with Crippen molar-refractivity contribution in [2.45, 2.75) is 33.6 Å². The summed E-state index contributed by atoms with van der Waals surface area (Å²) in [6, 6.07) is 9.83. The molecular formula is C16H20N4O. The normalized spacial score (nSPS) is 10.6. The second-order valence-electron chi connectivity index (χ2n) is 5.32. The smallest absolute Gasteiger partial charge is 0.186 e. The predicted molar refractivity (Wildman–Crippen MR) is 80.4 cm³/mol. The summed E-state index contributed by atoms with van der Waals surface area (Å²) in [5.41, 5.74) is 2.05. The summed E-state index contributed by atoms with van der Waals surface area (Å²) in [7, 11) is 0. The summed E-state index contributed by atoms with van der Waals surface area (Å²) in [5.74, 6) is 1.18. The van der Waals surface area contributed by atoms with Crippen LogP contribution in [0.4, 0.5) is 0 Å². The zero-order chi connectivity index (χ0) is 15.2. The molecule has 0 fully saturated rings. The van der Waals surface area contributed by atoms with Crippen molar-refractivity contribution in [1.29, 1.82) is 5.26 Å². The van der Waals surface area contributed by atoms with Crippen LogP contribution < -0.4 is 4.74 Å². The lowest BCUT2D eigenvalue weighted by molar-refractivity contribution is 0.315. The minimum Gasteiger partial charge on any atom is -0.491 e. The van der Waals surface area contributed by atoms with E-state index in [1.807, 2.05) is 24.3 Å². The third kappa shape index (κ3) is 3.40. The average Bonchev–Trinajstić information content (AvgIpc) is 2.87. The highest BCUT2D eigenvalue weighted by atomic mass is 16.5. The lowest BCUT2D eigenvalue weighted by Crippen LogP contribution is -2.09. The maximum atomic E-state index is 9.21. The van der Waals surface area contributed by atoms with E-state index in [2.05, 4.69) is 37.2 Å². The van der Waals surface area contributed by atoms with E-state index in [4.69, 9.17) is 4.74 Å². The second-order valence-corrected chi connectivity index (χ2v) is 5.32. The molecule has 0 radical (unpaired) electrons. The fourth-order valence-electron chi connectivity index (χ4n) is 2.12. The molecule has 2 aromatic rings. The summed E-state index contributed by atoms with van der Waals surface area (Å²) >= 11 is 0. The fraction of sp³-hybridized carbons (Fsp3) is 0.438. The van der Waals surface area contributed by atoms with Crippen LogP contribution in [0.1, 0.15) is 38.6 Å². The third-order valence-electron chi connectivity index (χ3n) is 3.03. The molecule has 1 aromatic heterocycles. The molecule has 5 heteroatoms. The number of hydrogen-bond acceptors (Lipinski definition) is 4. The maximum Gasteiger partial charge on any atom is 0.186 e. The topological polar surface area (TPSA) is 63.7 Å². The molecule has 0 spiro atoms. The van der Waals surface area contributed by atoms with E-state index < -0.39 is 0 Å². The molecule has 1 heterocycles. The van der Waals surface area contributed by atoms with Gasteiger partial charge in [0.2, 0.25) is 0 Å². The first kappa shape index (κ1) is 15.0. The van der Waals surface area contributed by atoms with Crippen LogP contribution in [0, 0.1) is 17.2 Å². The van der Waals surface area contributed by atoms with Gasteiger partial charge in [0.1, 0.15) is 17.5 Å². The zero-order valence-electron chi connectivity index (χ0n) is 12.7. The summed E-state index contributed by atoms with van der Waals surface area (Å²) < 4.78 is 7.50. The van der Waals surface area contributed by atoms with E-state index in [0.29, 0.717) is 18.2 Å². The van der Waals surface area contributed by atoms with Crippen molar-refractivity contribution in [3.8, 4) is 17.5 Å². The quantitative estimate of drug-likeness (QED) is 0.817. The summed E-state index contributed by atoms with van der Waals surface area (Å²) in [6.45, 7) is 6.93. The first-order valence-corrected chi connectivity index (χ1v) is 7.24. The van der Waals surface area contributed by atoms with Crippen LogP contribution in [0.3, 0.4) is 0 Å². The van der Waals surface area contributed by atoms with Gasteiger partial charge >= 0.3 is 0 Å². The fourth-order valence-corrected chi connectivity index (χ4v) is 2.12. The first-order chi connectivity index (χ1) is 10.2. The molecule has 0 bridgehead atoms. The van der Waals surface area contributed by atoms with Crippen LogP contribution in [0.15, 0.2) is 24.3 Å². The highest BCUT2D eigenvalue weighted by Crippen LogP contribution is 2.25. The van der Waals surface area contributed by atoms with Gasteiger partial charge in [-0.25, -0.2) is 4.68 Å². The largest absolute Gasteiger partial charge is 0.491 e. The van der Waals surface area contributed by atoms with E-state index in [-0.39, 0.29) is 0 Å². The molecule has 0 unspecified atom stereocenters. The van der Waals surface area contributed by atoms with Crippen LogP contribution in [0.2, 0.25) is 0 Å². The number of nitrogens with zero attached hydrogens (tertiary/aromatic N) is 4. The number of rotatable bonds is 6. The minimum absolute atomic E-state index is 0.383. The van der Waals surface area contributed by atoms with Crippen molar-refractivity contribution >= 4 is 0 Å². The molecule has 0 amide bonds. The molecule has 0 saturated carbocycles. The van der Waals surface area contributed by atoms with Crippen molar-refractivity contribution in [1.82, 2.24) is 15.0 Å². The van der Waals surface area contributed by atoms with E-state index in [1.165, 1.54) is 0 Å². The highest BCUT2D eigenvalue weighted by Gasteiger charge is 2.17. The Morgan fingerprint density at radius 1 is 1.33 bits per heavy atom. The van der Waals surface area contributed by atoms with Gasteiger partial charge in [-0.05, 0) is 30.9 Å². The molecule has 21 heavy (non-hydrogen) atoms. The van der Waals surface area contributed by atoms with Crippen LogP contribution in [-0.2, 0) is 6.42 Å². The Hall–Kier alpha value is -2.35. The molecule has 5 nitrogen and oxygen atoms in total. The Kier molecular flexibility index (Phi) is 4.94. The second kappa shape index (κ2) is 6.89. The molecule has 110 valence electrons. The molecular weight excluding hydrogens is 264 g/mol. The summed E-state index contributed by atoms with van der Waals surface area (Å²) in [5, 5.41) is 17.3. The van der Waals surface area contributed by atoms with Gasteiger partial charge in [0, 0.05) is 0 Å². The van der Waals surface area contributed by atoms with Gasteiger partial charge in [-0.15, -0.1) is 5.10 Å². The molecule has 1 aromatic carbocycles. The average molecular weight is 284 g/mol. The molecule has 0 saturated heterocycles. The number of nitriles is 1. The molecule has 0 atom stereocenters. The summed E-state index contributed by atoms with van der Waals surface area (Å²) in [4.78, 5) is 0. The van der Waals surface area contributed by atoms with Crippen LogP contribution in [0.5, 0.6) is 5.75 Å². The number of benzene rings is 1. The standard InChI is InChI=1S/C16H20N4O/c1-4-9-21-16-8-6-5-7-14(16)20-15(10-12(2)3)13(11-17)18-19-20/h5-8,12H,4,9-10H2,1-3H3. The Balaban J connectivity index is 2.47. The van der Waals surface area contributed by atoms with Gasteiger partial charge in [0.25, 0.3) is 0 Å². The van der Waals surface area contributed by atoms with Crippen LogP contribution in [-0.4, -0.2) is 21.6 Å². The zero-order valence-corrected chi connectivity index (χ0v) is 12.7. The Morgan fingerprint density at radius 2 is 2.10 bits per heavy atom. The molecule has 0 aliphatic rings. The van der Waals surface area contributed by atoms with Gasteiger partial charge in [0.05, 0.1) is 12.3 Å². The number of para-hydroxylation sites is 2. The maximum absolute atomic E-state index is 9.21. The van der Waals surface area contributed by atoms with Crippen molar-refractivity contribution in [2.24, 2.45) is 5.92 Å². The predicted octanol–water partition coefficient (Wildman–Crippen LogP) is 3.13. The van der Waals surface area contributed by atoms with E-state index in [1.54, 1.807) is 4.68 Å². The van der Waals surface area contributed by atoms with Crippen molar-refractivity contribution < 1.29 is 4.74 Å². The molecule has 2 rings (SSSR count). The van der Waals surface area contributed by atoms with E-state index >= 15 is 0 Å². The van der Waals surface area contributed by atoms with Crippen molar-refractivity contribution in [2.75, 3.05) is 6.61 Å². The molecule has 0 aliphatic heterocycles.